The fourth-order valence-electron chi connectivity index (χ4n) is 5.41. The highest BCUT2D eigenvalue weighted by molar-refractivity contribution is 5.33. The zero-order valence-corrected chi connectivity index (χ0v) is 18.2. The first-order chi connectivity index (χ1) is 14.9. The average Bonchev–Trinajstić information content (AvgIpc) is 2.79. The van der Waals surface area contributed by atoms with E-state index in [1.54, 1.807) is 12.1 Å². The van der Waals surface area contributed by atoms with Gasteiger partial charge in [0.25, 0.3) is 0 Å². The minimum absolute atomic E-state index is 0.00610. The highest BCUT2D eigenvalue weighted by Crippen LogP contribution is 2.39. The number of halogens is 3. The molecule has 1 fully saturated rings. The second-order valence-corrected chi connectivity index (χ2v) is 9.61. The molecule has 0 aliphatic heterocycles. The third-order valence-electron chi connectivity index (χ3n) is 7.50. The van der Waals surface area contributed by atoms with Gasteiger partial charge in [-0.15, -0.1) is 0 Å². The molecule has 5 unspecified atom stereocenters. The lowest BCUT2D eigenvalue weighted by Crippen LogP contribution is -2.29. The smallest absolute Gasteiger partial charge is 0.203 e. The number of aliphatic hydroxyl groups is 1. The number of aliphatic hydroxyl groups excluding tert-OH is 1. The molecule has 5 heteroatoms. The summed E-state index contributed by atoms with van der Waals surface area (Å²) in [4.78, 5) is 0. The molecule has 1 aromatic rings. The van der Waals surface area contributed by atoms with Gasteiger partial charge in [0.1, 0.15) is 0 Å². The van der Waals surface area contributed by atoms with Gasteiger partial charge in [0.2, 0.25) is 12.1 Å². The summed E-state index contributed by atoms with van der Waals surface area (Å²) in [5.41, 5.74) is 0.418. The summed E-state index contributed by atoms with van der Waals surface area (Å²) < 4.78 is 48.7. The number of hydrogen-bond acceptors (Lipinski definition) is 2. The molecule has 0 radical (unpaired) electrons. The second-order valence-electron chi connectivity index (χ2n) is 9.61. The zero-order chi connectivity index (χ0) is 22.0. The van der Waals surface area contributed by atoms with E-state index in [0.29, 0.717) is 12.0 Å². The number of ether oxygens (including phenoxy) is 1. The van der Waals surface area contributed by atoms with Crippen LogP contribution in [0.5, 0.6) is 5.75 Å². The van der Waals surface area contributed by atoms with Gasteiger partial charge in [-0.3, -0.25) is 0 Å². The summed E-state index contributed by atoms with van der Waals surface area (Å²) in [7, 11) is 0. The van der Waals surface area contributed by atoms with E-state index in [2.05, 4.69) is 0 Å². The number of allylic oxidation sites excluding steroid dienone is 3. The molecule has 0 spiro atoms. The molecule has 31 heavy (non-hydrogen) atoms. The van der Waals surface area contributed by atoms with E-state index in [1.807, 2.05) is 19.1 Å². The Bertz CT molecular complexity index is 828. The average molecular weight is 435 g/mol. The molecule has 2 nitrogen and oxygen atoms in total. The van der Waals surface area contributed by atoms with E-state index in [1.165, 1.54) is 6.07 Å². The Hall–Kier alpha value is -1.75. The van der Waals surface area contributed by atoms with Crippen LogP contribution in [0.25, 0.3) is 0 Å². The Balaban J connectivity index is 1.38. The predicted octanol–water partition coefficient (Wildman–Crippen LogP) is 7.19. The first-order valence-electron chi connectivity index (χ1n) is 11.8. The van der Waals surface area contributed by atoms with Gasteiger partial charge in [0.05, 0.1) is 5.83 Å². The van der Waals surface area contributed by atoms with Crippen LogP contribution in [0.4, 0.5) is 13.2 Å². The maximum Gasteiger partial charge on any atom is 0.203 e. The molecule has 0 amide bonds. The van der Waals surface area contributed by atoms with Gasteiger partial charge < -0.3 is 9.84 Å². The maximum atomic E-state index is 14.7. The largest absolute Gasteiger partial charge is 0.461 e. The standard InChI is InChI=1S/C26H33F3O2/c1-16-7-8-20(15-22(16)27)17-9-11-19(12-10-17)26(30)31-23-14-13-21(24(28)25(23)29)18-5-3-2-4-6-18/h9,11,13-20,26,30H,2-8,10,12H2,1H3. The van der Waals surface area contributed by atoms with Crippen molar-refractivity contribution in [3.63, 3.8) is 0 Å². The van der Waals surface area contributed by atoms with Crippen LogP contribution < -0.4 is 4.74 Å². The van der Waals surface area contributed by atoms with Crippen molar-refractivity contribution in [1.29, 1.82) is 0 Å². The van der Waals surface area contributed by atoms with Gasteiger partial charge in [-0.2, -0.15) is 4.39 Å². The molecular weight excluding hydrogens is 401 g/mol. The lowest BCUT2D eigenvalue weighted by molar-refractivity contribution is -0.0557. The van der Waals surface area contributed by atoms with Crippen molar-refractivity contribution in [3.8, 4) is 5.75 Å². The van der Waals surface area contributed by atoms with E-state index in [-0.39, 0.29) is 41.2 Å². The van der Waals surface area contributed by atoms with E-state index in [9.17, 15) is 18.3 Å². The number of rotatable bonds is 5. The van der Waals surface area contributed by atoms with Gasteiger partial charge in [-0.05, 0) is 74.0 Å². The highest BCUT2D eigenvalue weighted by atomic mass is 19.2. The highest BCUT2D eigenvalue weighted by Gasteiger charge is 2.31. The molecule has 0 saturated heterocycles. The third kappa shape index (κ3) is 5.02. The van der Waals surface area contributed by atoms with Gasteiger partial charge in [-0.1, -0.05) is 44.4 Å². The molecule has 3 aliphatic carbocycles. The molecule has 4 rings (SSSR count). The lowest BCUT2D eigenvalue weighted by atomic mass is 9.75. The van der Waals surface area contributed by atoms with Crippen LogP contribution in [0.1, 0.15) is 76.2 Å². The maximum absolute atomic E-state index is 14.7. The Morgan fingerprint density at radius 2 is 1.61 bits per heavy atom. The lowest BCUT2D eigenvalue weighted by Gasteiger charge is -2.32. The predicted molar refractivity (Wildman–Crippen MR) is 115 cm³/mol. The number of hydrogen-bond donors (Lipinski definition) is 1. The van der Waals surface area contributed by atoms with Crippen molar-refractivity contribution in [3.05, 3.63) is 53.4 Å². The second kappa shape index (κ2) is 9.81. The van der Waals surface area contributed by atoms with E-state index in [0.717, 1.165) is 51.4 Å². The Labute approximate surface area is 183 Å². The molecule has 0 bridgehead atoms. The zero-order valence-electron chi connectivity index (χ0n) is 18.2. The fraction of sp³-hybridized carbons (Fsp3) is 0.615. The van der Waals surface area contributed by atoms with Crippen molar-refractivity contribution >= 4 is 0 Å². The molecule has 5 atom stereocenters. The normalized spacial score (nSPS) is 30.7. The fourth-order valence-corrected chi connectivity index (χ4v) is 5.41. The Morgan fingerprint density at radius 3 is 2.29 bits per heavy atom. The van der Waals surface area contributed by atoms with Crippen molar-refractivity contribution in [2.45, 2.75) is 76.9 Å². The molecule has 1 aromatic carbocycles. The summed E-state index contributed by atoms with van der Waals surface area (Å²) in [5.74, 6) is -1.94. The molecule has 0 heterocycles. The van der Waals surface area contributed by atoms with Crippen LogP contribution in [0.15, 0.2) is 36.2 Å². The molecule has 1 N–H and O–H groups in total. The minimum atomic E-state index is -1.25. The van der Waals surface area contributed by atoms with Crippen LogP contribution in [0.3, 0.4) is 0 Å². The van der Waals surface area contributed by atoms with Crippen LogP contribution in [-0.2, 0) is 0 Å². The summed E-state index contributed by atoms with van der Waals surface area (Å²) in [5, 5.41) is 10.5. The van der Waals surface area contributed by atoms with Crippen LogP contribution in [0.2, 0.25) is 0 Å². The van der Waals surface area contributed by atoms with Crippen molar-refractivity contribution in [2.75, 3.05) is 0 Å². The molecule has 0 aromatic heterocycles. The van der Waals surface area contributed by atoms with Crippen molar-refractivity contribution in [1.82, 2.24) is 0 Å². The van der Waals surface area contributed by atoms with Gasteiger partial charge in [0.15, 0.2) is 11.6 Å². The van der Waals surface area contributed by atoms with E-state index < -0.39 is 17.9 Å². The van der Waals surface area contributed by atoms with Crippen LogP contribution in [0, 0.1) is 35.3 Å². The van der Waals surface area contributed by atoms with Crippen molar-refractivity contribution in [2.24, 2.45) is 23.7 Å². The minimum Gasteiger partial charge on any atom is -0.461 e. The Kier molecular flexibility index (Phi) is 7.10. The third-order valence-corrected chi connectivity index (χ3v) is 7.50. The SMILES string of the molecule is CC1CCC(C2C=CC(C(O)Oc3ccc(C4CCCCC4)c(F)c3F)CC2)C=C1F. The van der Waals surface area contributed by atoms with Gasteiger partial charge in [-0.25, -0.2) is 8.78 Å². The van der Waals surface area contributed by atoms with Crippen LogP contribution >= 0.6 is 0 Å². The van der Waals surface area contributed by atoms with E-state index >= 15 is 0 Å². The quantitative estimate of drug-likeness (QED) is 0.392. The van der Waals surface area contributed by atoms with E-state index in [4.69, 9.17) is 4.74 Å². The molecular formula is C26H33F3O2. The first kappa shape index (κ1) is 22.4. The molecule has 3 aliphatic rings. The summed E-state index contributed by atoms with van der Waals surface area (Å²) >= 11 is 0. The first-order valence-corrected chi connectivity index (χ1v) is 11.8. The Morgan fingerprint density at radius 1 is 0.871 bits per heavy atom. The summed E-state index contributed by atoms with van der Waals surface area (Å²) in [6.07, 6.45) is 12.7. The van der Waals surface area contributed by atoms with Crippen LogP contribution in [-0.4, -0.2) is 11.4 Å². The van der Waals surface area contributed by atoms with Gasteiger partial charge >= 0.3 is 0 Å². The monoisotopic (exact) mass is 434 g/mol. The summed E-state index contributed by atoms with van der Waals surface area (Å²) in [6, 6.07) is 3.05. The number of benzene rings is 1. The topological polar surface area (TPSA) is 29.5 Å². The molecule has 170 valence electrons. The summed E-state index contributed by atoms with van der Waals surface area (Å²) in [6.45, 7) is 1.91. The van der Waals surface area contributed by atoms with Gasteiger partial charge in [0, 0.05) is 11.8 Å². The molecule has 1 saturated carbocycles. The van der Waals surface area contributed by atoms with Crippen molar-refractivity contribution < 1.29 is 23.0 Å².